The minimum atomic E-state index is -2.85. The predicted molar refractivity (Wildman–Crippen MR) is 125 cm³/mol. The maximum absolute atomic E-state index is 14.0. The number of anilines is 1. The van der Waals surface area contributed by atoms with Gasteiger partial charge in [-0.05, 0) is 29.8 Å². The van der Waals surface area contributed by atoms with Crippen LogP contribution in [-0.2, 0) is 20.7 Å². The molecule has 0 atom stereocenters. The highest BCUT2D eigenvalue weighted by molar-refractivity contribution is 5.77. The molecule has 36 heavy (non-hydrogen) atoms. The first kappa shape index (κ1) is 23.5. The predicted octanol–water partition coefficient (Wildman–Crippen LogP) is 3.49. The summed E-state index contributed by atoms with van der Waals surface area (Å²) < 4.78 is 45.1. The normalized spacial score (nSPS) is 13.8. The molecule has 0 saturated carbocycles. The van der Waals surface area contributed by atoms with E-state index in [1.807, 2.05) is 4.90 Å². The molecule has 0 amide bonds. The summed E-state index contributed by atoms with van der Waals surface area (Å²) in [5, 5.41) is 0. The summed E-state index contributed by atoms with van der Waals surface area (Å²) >= 11 is 0. The van der Waals surface area contributed by atoms with E-state index in [0.717, 1.165) is 5.56 Å². The maximum Gasteiger partial charge on any atom is 0.328 e. The zero-order valence-corrected chi connectivity index (χ0v) is 19.3. The number of ether oxygens (including phenoxy) is 3. The van der Waals surface area contributed by atoms with Crippen LogP contribution in [0.15, 0.2) is 48.5 Å². The number of benzene rings is 2. The zero-order valence-electron chi connectivity index (χ0n) is 19.3. The van der Waals surface area contributed by atoms with E-state index >= 15 is 0 Å². The van der Waals surface area contributed by atoms with Gasteiger partial charge in [-0.2, -0.15) is 15.0 Å². The minimum Gasteiger partial charge on any atom is -0.469 e. The van der Waals surface area contributed by atoms with Crippen LogP contribution in [0, 0.1) is 0 Å². The van der Waals surface area contributed by atoms with Crippen LogP contribution in [-0.4, -0.2) is 63.9 Å². The molecule has 1 saturated heterocycles. The molecule has 2 aromatic carbocycles. The average molecular weight is 496 g/mol. The fourth-order valence-corrected chi connectivity index (χ4v) is 3.81. The molecule has 2 aromatic heterocycles. The Hall–Kier alpha value is -4.19. The van der Waals surface area contributed by atoms with Crippen molar-refractivity contribution < 1.29 is 27.8 Å². The number of imidazole rings is 1. The number of carbonyl (C=O) groups is 1. The Balaban J connectivity index is 1.55. The molecule has 1 fully saturated rings. The van der Waals surface area contributed by atoms with Gasteiger partial charge in [0.15, 0.2) is 5.82 Å². The van der Waals surface area contributed by atoms with E-state index < -0.39 is 12.2 Å². The number of hydrogen-bond acceptors (Lipinski definition) is 9. The largest absolute Gasteiger partial charge is 0.469 e. The molecule has 1 aliphatic heterocycles. The van der Waals surface area contributed by atoms with Gasteiger partial charge in [0, 0.05) is 13.1 Å². The first-order chi connectivity index (χ1) is 17.5. The Morgan fingerprint density at radius 1 is 1.00 bits per heavy atom. The Morgan fingerprint density at radius 3 is 2.44 bits per heavy atom. The number of methoxy groups -OCH3 is 1. The molecular formula is C24H22F2N6O4. The van der Waals surface area contributed by atoms with Gasteiger partial charge in [-0.1, -0.05) is 24.3 Å². The summed E-state index contributed by atoms with van der Waals surface area (Å²) in [6.07, 6.45) is -2.73. The molecule has 0 unspecified atom stereocenters. The van der Waals surface area contributed by atoms with Gasteiger partial charge < -0.3 is 19.1 Å². The van der Waals surface area contributed by atoms with Gasteiger partial charge in [0.25, 0.3) is 6.43 Å². The van der Waals surface area contributed by atoms with Crippen molar-refractivity contribution in [3.05, 3.63) is 59.9 Å². The summed E-state index contributed by atoms with van der Waals surface area (Å²) in [4.78, 5) is 30.8. The Morgan fingerprint density at radius 2 is 1.72 bits per heavy atom. The number of fused-ring (bicyclic) bond motifs is 1. The molecular weight excluding hydrogens is 474 g/mol. The third-order valence-corrected chi connectivity index (χ3v) is 5.58. The monoisotopic (exact) mass is 496 g/mol. The van der Waals surface area contributed by atoms with E-state index in [-0.39, 0.29) is 30.3 Å². The number of para-hydroxylation sites is 2. The highest BCUT2D eigenvalue weighted by Gasteiger charge is 2.24. The van der Waals surface area contributed by atoms with Gasteiger partial charge in [0.2, 0.25) is 11.9 Å². The second kappa shape index (κ2) is 10.2. The third-order valence-electron chi connectivity index (χ3n) is 5.58. The smallest absolute Gasteiger partial charge is 0.328 e. The molecule has 10 nitrogen and oxygen atoms in total. The van der Waals surface area contributed by atoms with E-state index in [1.165, 1.54) is 11.7 Å². The fourth-order valence-electron chi connectivity index (χ4n) is 3.81. The van der Waals surface area contributed by atoms with Crippen molar-refractivity contribution in [2.24, 2.45) is 0 Å². The zero-order chi connectivity index (χ0) is 25.1. The Labute approximate surface area is 204 Å². The highest BCUT2D eigenvalue weighted by atomic mass is 19.3. The van der Waals surface area contributed by atoms with Crippen molar-refractivity contribution in [3.8, 4) is 17.7 Å². The number of morpholine rings is 1. The lowest BCUT2D eigenvalue weighted by molar-refractivity contribution is -0.139. The summed E-state index contributed by atoms with van der Waals surface area (Å²) in [5.41, 5.74) is 1.57. The molecule has 3 heterocycles. The number of rotatable bonds is 7. The van der Waals surface area contributed by atoms with Crippen molar-refractivity contribution in [2.75, 3.05) is 38.3 Å². The van der Waals surface area contributed by atoms with Gasteiger partial charge in [0.05, 0.1) is 37.8 Å². The first-order valence-corrected chi connectivity index (χ1v) is 11.2. The Bertz CT molecular complexity index is 1370. The van der Waals surface area contributed by atoms with Crippen LogP contribution in [0.25, 0.3) is 17.0 Å². The molecule has 12 heteroatoms. The number of hydrogen-bond donors (Lipinski definition) is 0. The quantitative estimate of drug-likeness (QED) is 0.356. The van der Waals surface area contributed by atoms with Crippen molar-refractivity contribution >= 4 is 23.0 Å². The number of nitrogens with zero attached hydrogens (tertiary/aromatic N) is 6. The lowest BCUT2D eigenvalue weighted by Crippen LogP contribution is -2.37. The van der Waals surface area contributed by atoms with Gasteiger partial charge in [-0.3, -0.25) is 9.36 Å². The summed E-state index contributed by atoms with van der Waals surface area (Å²) in [6, 6.07) is 13.5. The summed E-state index contributed by atoms with van der Waals surface area (Å²) in [5.74, 6) is -0.193. The topological polar surface area (TPSA) is 104 Å². The van der Waals surface area contributed by atoms with Crippen LogP contribution in [0.3, 0.4) is 0 Å². The molecule has 0 radical (unpaired) electrons. The van der Waals surface area contributed by atoms with Gasteiger partial charge in [0.1, 0.15) is 5.75 Å². The standard InChI is InChI=1S/C24H22F2N6O4/c1-34-19(33)14-15-6-8-16(9-7-15)36-24-29-22(31-10-12-35-13-11-31)28-23(30-24)32-18-5-3-2-4-17(18)27-21(32)20(25)26/h2-9,20H,10-14H2,1H3. The number of esters is 1. The third kappa shape index (κ3) is 4.93. The highest BCUT2D eigenvalue weighted by Crippen LogP contribution is 2.29. The van der Waals surface area contributed by atoms with Crippen molar-refractivity contribution in [2.45, 2.75) is 12.8 Å². The Kier molecular flexibility index (Phi) is 6.67. The molecule has 186 valence electrons. The molecule has 1 aliphatic rings. The van der Waals surface area contributed by atoms with Crippen LogP contribution in [0.2, 0.25) is 0 Å². The minimum absolute atomic E-state index is 0.0344. The van der Waals surface area contributed by atoms with Gasteiger partial charge >= 0.3 is 12.0 Å². The van der Waals surface area contributed by atoms with E-state index in [0.29, 0.717) is 43.1 Å². The second-order valence-electron chi connectivity index (χ2n) is 7.91. The summed E-state index contributed by atoms with van der Waals surface area (Å²) in [7, 11) is 1.33. The van der Waals surface area contributed by atoms with E-state index in [1.54, 1.807) is 48.5 Å². The number of halogens is 2. The van der Waals surface area contributed by atoms with Crippen molar-refractivity contribution in [1.29, 1.82) is 0 Å². The molecule has 0 spiro atoms. The fraction of sp³-hybridized carbons (Fsp3) is 0.292. The van der Waals surface area contributed by atoms with E-state index in [9.17, 15) is 13.6 Å². The second-order valence-corrected chi connectivity index (χ2v) is 7.91. The van der Waals surface area contributed by atoms with Gasteiger partial charge in [-0.25, -0.2) is 13.8 Å². The summed E-state index contributed by atoms with van der Waals surface area (Å²) in [6.45, 7) is 2.01. The number of aromatic nitrogens is 5. The van der Waals surface area contributed by atoms with Crippen LogP contribution in [0.4, 0.5) is 14.7 Å². The SMILES string of the molecule is COC(=O)Cc1ccc(Oc2nc(N3CCOCC3)nc(-n3c(C(F)F)nc4ccccc43)n2)cc1. The lowest BCUT2D eigenvalue weighted by atomic mass is 10.1. The average Bonchev–Trinajstić information content (AvgIpc) is 3.30. The molecule has 0 aliphatic carbocycles. The number of carbonyl (C=O) groups excluding carboxylic acids is 1. The first-order valence-electron chi connectivity index (χ1n) is 11.2. The van der Waals surface area contributed by atoms with Crippen LogP contribution in [0.5, 0.6) is 11.8 Å². The van der Waals surface area contributed by atoms with Gasteiger partial charge in [-0.15, -0.1) is 0 Å². The van der Waals surface area contributed by atoms with E-state index in [2.05, 4.69) is 24.7 Å². The van der Waals surface area contributed by atoms with Crippen LogP contribution >= 0.6 is 0 Å². The molecule has 0 bridgehead atoms. The lowest BCUT2D eigenvalue weighted by Gasteiger charge is -2.27. The molecule has 4 aromatic rings. The van der Waals surface area contributed by atoms with Crippen molar-refractivity contribution in [3.63, 3.8) is 0 Å². The van der Waals surface area contributed by atoms with Crippen molar-refractivity contribution in [1.82, 2.24) is 24.5 Å². The molecule has 5 rings (SSSR count). The van der Waals surface area contributed by atoms with E-state index in [4.69, 9.17) is 9.47 Å². The molecule has 0 N–H and O–H groups in total. The maximum atomic E-state index is 14.0. The number of alkyl halides is 2. The van der Waals surface area contributed by atoms with Crippen LogP contribution in [0.1, 0.15) is 17.8 Å². The van der Waals surface area contributed by atoms with Crippen LogP contribution < -0.4 is 9.64 Å².